The Labute approximate surface area is 83.3 Å². The van der Waals surface area contributed by atoms with Crippen molar-refractivity contribution >= 4 is 0 Å². The van der Waals surface area contributed by atoms with Crippen LogP contribution < -0.4 is 5.43 Å². The van der Waals surface area contributed by atoms with Crippen LogP contribution in [0.2, 0.25) is 0 Å². The van der Waals surface area contributed by atoms with Crippen molar-refractivity contribution in [1.82, 2.24) is 9.89 Å². The quantitative estimate of drug-likeness (QED) is 0.779. The van der Waals surface area contributed by atoms with Crippen LogP contribution in [-0.4, -0.2) is 16.9 Å². The minimum Gasteiger partial charge on any atom is -0.313 e. The van der Waals surface area contributed by atoms with Gasteiger partial charge in [-0.2, -0.15) is 9.89 Å². The average Bonchev–Trinajstić information content (AvgIpc) is 2.66. The van der Waals surface area contributed by atoms with Gasteiger partial charge in [-0.3, -0.25) is 0 Å². The molecule has 0 spiro atoms. The molecule has 1 aromatic heterocycles. The molecule has 1 aromatic carbocycles. The van der Waals surface area contributed by atoms with E-state index in [1.165, 1.54) is 5.56 Å². The highest BCUT2D eigenvalue weighted by Crippen LogP contribution is 2.17. The Kier molecular flexibility index (Phi) is 2.23. The first-order chi connectivity index (χ1) is 6.79. The Bertz CT molecular complexity index is 432. The number of nitrogens with zero attached hydrogens (tertiary/aromatic N) is 2. The molecule has 0 saturated carbocycles. The van der Waals surface area contributed by atoms with Crippen molar-refractivity contribution < 1.29 is 0 Å². The van der Waals surface area contributed by atoms with E-state index in [4.69, 9.17) is 0 Å². The Morgan fingerprint density at radius 1 is 1.29 bits per heavy atom. The molecule has 0 bridgehead atoms. The first-order valence-corrected chi connectivity index (χ1v) is 4.60. The lowest BCUT2D eigenvalue weighted by molar-refractivity contribution is 0.785. The zero-order valence-electron chi connectivity index (χ0n) is 8.36. The number of aryl methyl sites for hydroxylation is 1. The molecule has 1 heterocycles. The second kappa shape index (κ2) is 3.54. The van der Waals surface area contributed by atoms with E-state index in [0.29, 0.717) is 0 Å². The Balaban J connectivity index is 2.39. The molecule has 0 saturated heterocycles. The summed E-state index contributed by atoms with van der Waals surface area (Å²) >= 11 is 0. The lowest BCUT2D eigenvalue weighted by Crippen LogP contribution is -2.08. The van der Waals surface area contributed by atoms with Crippen LogP contribution in [0.1, 0.15) is 5.56 Å². The summed E-state index contributed by atoms with van der Waals surface area (Å²) in [5.74, 6) is 0. The number of aromatic nitrogens is 2. The molecule has 0 amide bonds. The average molecular weight is 187 g/mol. The van der Waals surface area contributed by atoms with Gasteiger partial charge in [0.1, 0.15) is 0 Å². The van der Waals surface area contributed by atoms with Crippen LogP contribution >= 0.6 is 0 Å². The van der Waals surface area contributed by atoms with Gasteiger partial charge in [-0.1, -0.05) is 23.8 Å². The number of benzene rings is 1. The standard InChI is InChI=1S/C11H13N3/c1-9-4-3-5-10(8-9)11-6-7-14(12-2)13-11/h3-8,12H,1-2H3. The molecule has 14 heavy (non-hydrogen) atoms. The van der Waals surface area contributed by atoms with Gasteiger partial charge in [0.05, 0.1) is 5.69 Å². The van der Waals surface area contributed by atoms with Crippen LogP contribution in [-0.2, 0) is 0 Å². The van der Waals surface area contributed by atoms with Crippen molar-refractivity contribution in [2.24, 2.45) is 0 Å². The number of rotatable bonds is 2. The van der Waals surface area contributed by atoms with Gasteiger partial charge in [-0.15, -0.1) is 0 Å². The fourth-order valence-electron chi connectivity index (χ4n) is 1.41. The van der Waals surface area contributed by atoms with Crippen LogP contribution in [0.3, 0.4) is 0 Å². The summed E-state index contributed by atoms with van der Waals surface area (Å²) in [5, 5.41) is 4.35. The lowest BCUT2D eigenvalue weighted by Gasteiger charge is -1.99. The maximum absolute atomic E-state index is 4.35. The Hall–Kier alpha value is -1.77. The van der Waals surface area contributed by atoms with E-state index < -0.39 is 0 Å². The monoisotopic (exact) mass is 187 g/mol. The van der Waals surface area contributed by atoms with E-state index in [-0.39, 0.29) is 0 Å². The summed E-state index contributed by atoms with van der Waals surface area (Å²) in [6, 6.07) is 10.3. The molecular formula is C11H13N3. The van der Waals surface area contributed by atoms with Crippen LogP contribution in [0.25, 0.3) is 11.3 Å². The molecule has 72 valence electrons. The largest absolute Gasteiger partial charge is 0.313 e. The highest BCUT2D eigenvalue weighted by atomic mass is 15.5. The molecule has 0 aliphatic rings. The lowest BCUT2D eigenvalue weighted by atomic mass is 10.1. The summed E-state index contributed by atoms with van der Waals surface area (Å²) in [6.45, 7) is 2.08. The first-order valence-electron chi connectivity index (χ1n) is 4.60. The molecule has 1 N–H and O–H groups in total. The first kappa shape index (κ1) is 8.81. The van der Waals surface area contributed by atoms with Crippen LogP contribution in [0.15, 0.2) is 36.5 Å². The third-order valence-electron chi connectivity index (χ3n) is 2.13. The maximum Gasteiger partial charge on any atom is 0.0944 e. The SMILES string of the molecule is CNn1ccc(-c2cccc(C)c2)n1. The minimum atomic E-state index is 0.989. The summed E-state index contributed by atoms with van der Waals surface area (Å²) in [6.07, 6.45) is 1.90. The highest BCUT2D eigenvalue weighted by molar-refractivity contribution is 5.59. The molecule has 0 aliphatic carbocycles. The van der Waals surface area contributed by atoms with Gasteiger partial charge in [0.2, 0.25) is 0 Å². The van der Waals surface area contributed by atoms with Crippen LogP contribution in [0, 0.1) is 6.92 Å². The molecular weight excluding hydrogens is 174 g/mol. The van der Waals surface area contributed by atoms with Crippen molar-refractivity contribution in [2.75, 3.05) is 12.5 Å². The van der Waals surface area contributed by atoms with Gasteiger partial charge in [-0.05, 0) is 19.1 Å². The van der Waals surface area contributed by atoms with Crippen molar-refractivity contribution in [3.8, 4) is 11.3 Å². The number of nitrogens with one attached hydrogen (secondary N) is 1. The van der Waals surface area contributed by atoms with Crippen molar-refractivity contribution in [3.63, 3.8) is 0 Å². The fraction of sp³-hybridized carbons (Fsp3) is 0.182. The third-order valence-corrected chi connectivity index (χ3v) is 2.13. The molecule has 2 rings (SSSR count). The van der Waals surface area contributed by atoms with E-state index >= 15 is 0 Å². The highest BCUT2D eigenvalue weighted by Gasteiger charge is 2.00. The van der Waals surface area contributed by atoms with E-state index in [9.17, 15) is 0 Å². The smallest absolute Gasteiger partial charge is 0.0944 e. The van der Waals surface area contributed by atoms with Crippen LogP contribution in [0.4, 0.5) is 0 Å². The second-order valence-corrected chi connectivity index (χ2v) is 3.24. The van der Waals surface area contributed by atoms with E-state index in [1.54, 1.807) is 4.79 Å². The van der Waals surface area contributed by atoms with E-state index in [2.05, 4.69) is 35.6 Å². The van der Waals surface area contributed by atoms with Crippen molar-refractivity contribution in [3.05, 3.63) is 42.1 Å². The van der Waals surface area contributed by atoms with E-state index in [0.717, 1.165) is 11.3 Å². The third kappa shape index (κ3) is 1.62. The second-order valence-electron chi connectivity index (χ2n) is 3.24. The van der Waals surface area contributed by atoms with Crippen molar-refractivity contribution in [2.45, 2.75) is 6.92 Å². The van der Waals surface area contributed by atoms with Gasteiger partial charge in [0, 0.05) is 18.8 Å². The Morgan fingerprint density at radius 3 is 2.79 bits per heavy atom. The predicted octanol–water partition coefficient (Wildman–Crippen LogP) is 2.03. The van der Waals surface area contributed by atoms with Gasteiger partial charge in [0.25, 0.3) is 0 Å². The molecule has 0 aliphatic heterocycles. The van der Waals surface area contributed by atoms with Gasteiger partial charge in [-0.25, -0.2) is 0 Å². The van der Waals surface area contributed by atoms with Crippen molar-refractivity contribution in [1.29, 1.82) is 0 Å². The number of hydrogen-bond acceptors (Lipinski definition) is 2. The van der Waals surface area contributed by atoms with Gasteiger partial charge in [0.15, 0.2) is 0 Å². The molecule has 0 unspecified atom stereocenters. The van der Waals surface area contributed by atoms with Gasteiger partial charge < -0.3 is 5.43 Å². The zero-order chi connectivity index (χ0) is 9.97. The van der Waals surface area contributed by atoms with E-state index in [1.807, 2.05) is 25.4 Å². The fourth-order valence-corrected chi connectivity index (χ4v) is 1.41. The molecule has 3 nitrogen and oxygen atoms in total. The molecule has 0 radical (unpaired) electrons. The topological polar surface area (TPSA) is 29.9 Å². The molecule has 2 aromatic rings. The summed E-state index contributed by atoms with van der Waals surface area (Å²) in [4.78, 5) is 1.69. The Morgan fingerprint density at radius 2 is 2.14 bits per heavy atom. The normalized spacial score (nSPS) is 10.1. The summed E-state index contributed by atoms with van der Waals surface area (Å²) < 4.78 is 0. The zero-order valence-corrected chi connectivity index (χ0v) is 8.36. The molecule has 0 atom stereocenters. The maximum atomic E-state index is 4.35. The van der Waals surface area contributed by atoms with Crippen LogP contribution in [0.5, 0.6) is 0 Å². The minimum absolute atomic E-state index is 0.989. The summed E-state index contributed by atoms with van der Waals surface area (Å²) in [7, 11) is 1.84. The molecule has 3 heteroatoms. The molecule has 0 fully saturated rings. The predicted molar refractivity (Wildman–Crippen MR) is 57.7 cm³/mol. The summed E-state index contributed by atoms with van der Waals surface area (Å²) in [5.41, 5.74) is 6.33. The number of hydrogen-bond donors (Lipinski definition) is 1. The van der Waals surface area contributed by atoms with Gasteiger partial charge >= 0.3 is 0 Å².